The number of nitrogen functional groups attached to an aromatic ring is 1. The molecular weight excluding hydrogens is 360 g/mol. The summed E-state index contributed by atoms with van der Waals surface area (Å²) in [5, 5.41) is 7.44. The second-order valence-electron chi connectivity index (χ2n) is 6.95. The Bertz CT molecular complexity index is 728. The summed E-state index contributed by atoms with van der Waals surface area (Å²) in [5.74, 6) is -1.82. The van der Waals surface area contributed by atoms with Crippen molar-refractivity contribution in [2.24, 2.45) is 17.6 Å². The molecule has 152 valence electrons. The molecule has 4 N–H and O–H groups in total. The summed E-state index contributed by atoms with van der Waals surface area (Å²) in [6, 6.07) is 6.88. The number of benzene rings is 1. The fourth-order valence-electron chi connectivity index (χ4n) is 3.29. The van der Waals surface area contributed by atoms with Crippen molar-refractivity contribution in [2.75, 3.05) is 11.4 Å². The predicted octanol–water partition coefficient (Wildman–Crippen LogP) is 2.11. The van der Waals surface area contributed by atoms with Crippen LogP contribution in [-0.2, 0) is 19.2 Å². The number of hydrogen-bond donors (Lipinski definition) is 3. The number of nitrogens with two attached hydrogens (primary N) is 1. The summed E-state index contributed by atoms with van der Waals surface area (Å²) in [6.45, 7) is 4.34. The Kier molecular flexibility index (Phi) is 7.54. The van der Waals surface area contributed by atoms with E-state index in [2.05, 4.69) is 5.48 Å². The fraction of sp³-hybridized carbons (Fsp3) is 0.500. The van der Waals surface area contributed by atoms with Gasteiger partial charge in [0.05, 0.1) is 5.92 Å². The molecule has 8 heteroatoms. The van der Waals surface area contributed by atoms with Gasteiger partial charge in [-0.3, -0.25) is 15.0 Å². The van der Waals surface area contributed by atoms with Gasteiger partial charge in [0.25, 0.3) is 5.91 Å². The molecule has 1 aromatic rings. The van der Waals surface area contributed by atoms with Crippen LogP contribution in [0.25, 0.3) is 0 Å². The third kappa shape index (κ3) is 5.31. The molecule has 1 unspecified atom stereocenters. The Hall–Kier alpha value is -2.90. The van der Waals surface area contributed by atoms with Crippen LogP contribution in [0.4, 0.5) is 5.69 Å². The van der Waals surface area contributed by atoms with Gasteiger partial charge in [-0.05, 0) is 49.9 Å². The highest BCUT2D eigenvalue weighted by Gasteiger charge is 2.31. The van der Waals surface area contributed by atoms with Crippen LogP contribution in [-0.4, -0.2) is 30.2 Å². The van der Waals surface area contributed by atoms with E-state index in [1.54, 1.807) is 29.2 Å². The molecule has 1 heterocycles. The molecule has 0 radical (unpaired) electrons. The number of carbonyl (C=O) groups is 3. The summed E-state index contributed by atoms with van der Waals surface area (Å²) in [6.07, 6.45) is 2.63. The number of carbonyl (C=O) groups excluding carboxylic acids is 3. The van der Waals surface area contributed by atoms with Crippen molar-refractivity contribution in [3.05, 3.63) is 29.8 Å². The van der Waals surface area contributed by atoms with Gasteiger partial charge in [0.2, 0.25) is 5.91 Å². The Labute approximate surface area is 164 Å². The average molecular weight is 388 g/mol. The van der Waals surface area contributed by atoms with Gasteiger partial charge in [0.1, 0.15) is 5.84 Å². The van der Waals surface area contributed by atoms with Crippen LogP contribution >= 0.6 is 0 Å². The quantitative estimate of drug-likeness (QED) is 0.375. The molecule has 1 atom stereocenters. The highest BCUT2D eigenvalue weighted by Crippen LogP contribution is 2.26. The minimum Gasteiger partial charge on any atom is -0.384 e. The number of nitrogens with zero attached hydrogens (tertiary/aromatic N) is 1. The van der Waals surface area contributed by atoms with Gasteiger partial charge in [0.15, 0.2) is 0 Å². The standard InChI is InChI=1S/C20H28N4O4/c1-3-13(4-2)20(27)28-23-17(25)12-15-6-5-11-24(19(15)26)16-9-7-14(8-10-16)18(21)22/h7-10,13,15H,3-6,11-12H2,1-2H3,(H3,21,22)(H,23,25). The van der Waals surface area contributed by atoms with Crippen molar-refractivity contribution < 1.29 is 19.2 Å². The van der Waals surface area contributed by atoms with E-state index in [-0.39, 0.29) is 24.1 Å². The van der Waals surface area contributed by atoms with Crippen molar-refractivity contribution in [3.63, 3.8) is 0 Å². The molecule has 0 aromatic heterocycles. The van der Waals surface area contributed by atoms with E-state index in [4.69, 9.17) is 16.0 Å². The molecule has 1 aromatic carbocycles. The Morgan fingerprint density at radius 2 is 1.93 bits per heavy atom. The maximum atomic E-state index is 12.8. The number of hydrogen-bond acceptors (Lipinski definition) is 5. The van der Waals surface area contributed by atoms with Crippen molar-refractivity contribution in [1.29, 1.82) is 5.41 Å². The Morgan fingerprint density at radius 3 is 2.50 bits per heavy atom. The zero-order valence-corrected chi connectivity index (χ0v) is 16.4. The van der Waals surface area contributed by atoms with Crippen LogP contribution in [0.15, 0.2) is 24.3 Å². The molecule has 1 fully saturated rings. The van der Waals surface area contributed by atoms with Crippen LogP contribution in [0.3, 0.4) is 0 Å². The largest absolute Gasteiger partial charge is 0.384 e. The maximum Gasteiger partial charge on any atom is 0.335 e. The zero-order chi connectivity index (χ0) is 20.7. The molecule has 2 rings (SSSR count). The lowest BCUT2D eigenvalue weighted by atomic mass is 9.93. The van der Waals surface area contributed by atoms with E-state index in [9.17, 15) is 14.4 Å². The molecule has 0 aliphatic carbocycles. The van der Waals surface area contributed by atoms with Gasteiger partial charge in [-0.15, -0.1) is 0 Å². The van der Waals surface area contributed by atoms with E-state index in [1.807, 2.05) is 13.8 Å². The topological polar surface area (TPSA) is 126 Å². The number of amides is 2. The molecule has 2 amide bonds. The van der Waals surface area contributed by atoms with Gasteiger partial charge < -0.3 is 15.5 Å². The summed E-state index contributed by atoms with van der Waals surface area (Å²) < 4.78 is 0. The highest BCUT2D eigenvalue weighted by molar-refractivity contribution is 5.99. The van der Waals surface area contributed by atoms with Gasteiger partial charge in [-0.2, -0.15) is 5.48 Å². The van der Waals surface area contributed by atoms with E-state index >= 15 is 0 Å². The first-order valence-electron chi connectivity index (χ1n) is 9.62. The third-order valence-corrected chi connectivity index (χ3v) is 5.06. The smallest absolute Gasteiger partial charge is 0.335 e. The number of amidine groups is 1. The van der Waals surface area contributed by atoms with Crippen LogP contribution < -0.4 is 16.1 Å². The first-order valence-corrected chi connectivity index (χ1v) is 9.62. The third-order valence-electron chi connectivity index (χ3n) is 5.06. The average Bonchev–Trinajstić information content (AvgIpc) is 2.69. The molecule has 8 nitrogen and oxygen atoms in total. The van der Waals surface area contributed by atoms with Crippen molar-refractivity contribution in [1.82, 2.24) is 5.48 Å². The van der Waals surface area contributed by atoms with Crippen molar-refractivity contribution in [2.45, 2.75) is 46.0 Å². The van der Waals surface area contributed by atoms with E-state index in [0.717, 1.165) is 6.42 Å². The van der Waals surface area contributed by atoms with Gasteiger partial charge in [-0.1, -0.05) is 13.8 Å². The molecule has 1 aliphatic heterocycles. The summed E-state index contributed by atoms with van der Waals surface area (Å²) in [7, 11) is 0. The van der Waals surface area contributed by atoms with Gasteiger partial charge in [0, 0.05) is 30.1 Å². The van der Waals surface area contributed by atoms with Crippen LogP contribution in [0, 0.1) is 17.2 Å². The van der Waals surface area contributed by atoms with E-state index < -0.39 is 17.8 Å². The Balaban J connectivity index is 1.93. The highest BCUT2D eigenvalue weighted by atomic mass is 16.7. The monoisotopic (exact) mass is 388 g/mol. The minimum atomic E-state index is -0.480. The van der Waals surface area contributed by atoms with Crippen LogP contribution in [0.5, 0.6) is 0 Å². The normalized spacial score (nSPS) is 16.8. The van der Waals surface area contributed by atoms with E-state index in [1.165, 1.54) is 0 Å². The molecule has 0 spiro atoms. The molecule has 0 saturated carbocycles. The zero-order valence-electron chi connectivity index (χ0n) is 16.4. The number of piperidine rings is 1. The SMILES string of the molecule is CCC(CC)C(=O)ONC(=O)CC1CCCN(c2ccc(C(=N)N)cc2)C1=O. The Morgan fingerprint density at radius 1 is 1.29 bits per heavy atom. The van der Waals surface area contributed by atoms with Crippen LogP contribution in [0.2, 0.25) is 0 Å². The minimum absolute atomic E-state index is 0.0307. The lowest BCUT2D eigenvalue weighted by Gasteiger charge is -2.32. The second-order valence-corrected chi connectivity index (χ2v) is 6.95. The molecule has 1 aliphatic rings. The van der Waals surface area contributed by atoms with Crippen LogP contribution in [0.1, 0.15) is 51.5 Å². The molecule has 1 saturated heterocycles. The summed E-state index contributed by atoms with van der Waals surface area (Å²) in [4.78, 5) is 43.3. The van der Waals surface area contributed by atoms with Crippen molar-refractivity contribution in [3.8, 4) is 0 Å². The van der Waals surface area contributed by atoms with Gasteiger partial charge >= 0.3 is 5.97 Å². The molecular formula is C20H28N4O4. The van der Waals surface area contributed by atoms with E-state index in [0.29, 0.717) is 37.1 Å². The predicted molar refractivity (Wildman–Crippen MR) is 105 cm³/mol. The second kappa shape index (κ2) is 9.87. The first kappa shape index (κ1) is 21.4. The molecule has 0 bridgehead atoms. The number of rotatable bonds is 7. The lowest BCUT2D eigenvalue weighted by molar-refractivity contribution is -0.163. The van der Waals surface area contributed by atoms with Crippen molar-refractivity contribution >= 4 is 29.3 Å². The first-order chi connectivity index (χ1) is 13.4. The summed E-state index contributed by atoms with van der Waals surface area (Å²) >= 11 is 0. The fourth-order valence-corrected chi connectivity index (χ4v) is 3.29. The summed E-state index contributed by atoms with van der Waals surface area (Å²) in [5.41, 5.74) is 8.93. The number of anilines is 1. The number of nitrogens with one attached hydrogen (secondary N) is 2. The number of hydroxylamine groups is 1. The maximum absolute atomic E-state index is 12.8. The lowest BCUT2D eigenvalue weighted by Crippen LogP contribution is -2.43. The molecule has 28 heavy (non-hydrogen) atoms. The van der Waals surface area contributed by atoms with Gasteiger partial charge in [-0.25, -0.2) is 4.79 Å².